The first-order valence-corrected chi connectivity index (χ1v) is 5.23. The normalized spacial score (nSPS) is 12.7. The number of hydrogen-bond acceptors (Lipinski definition) is 3. The van der Waals surface area contributed by atoms with Crippen molar-refractivity contribution >= 4 is 0 Å². The fourth-order valence-electron chi connectivity index (χ4n) is 1.28. The van der Waals surface area contributed by atoms with E-state index in [0.717, 1.165) is 12.0 Å². The van der Waals surface area contributed by atoms with Crippen LogP contribution in [0.3, 0.4) is 0 Å². The van der Waals surface area contributed by atoms with Crippen molar-refractivity contribution in [2.75, 3.05) is 13.2 Å². The Morgan fingerprint density at radius 1 is 1.20 bits per heavy atom. The van der Waals surface area contributed by atoms with Gasteiger partial charge in [-0.1, -0.05) is 30.3 Å². The van der Waals surface area contributed by atoms with E-state index in [0.29, 0.717) is 19.6 Å². The molecule has 3 heteroatoms. The van der Waals surface area contributed by atoms with Crippen LogP contribution < -0.4 is 0 Å². The van der Waals surface area contributed by atoms with Gasteiger partial charge in [0.05, 0.1) is 19.3 Å². The lowest BCUT2D eigenvalue weighted by atomic mass is 10.2. The second-order valence-corrected chi connectivity index (χ2v) is 3.52. The zero-order valence-electron chi connectivity index (χ0n) is 8.80. The molecule has 0 aromatic heterocycles. The summed E-state index contributed by atoms with van der Waals surface area (Å²) in [6.45, 7) is 1.06. The van der Waals surface area contributed by atoms with Gasteiger partial charge in [0, 0.05) is 6.61 Å². The smallest absolute Gasteiger partial charge is 0.0771 e. The van der Waals surface area contributed by atoms with Crippen molar-refractivity contribution in [1.29, 1.82) is 0 Å². The van der Waals surface area contributed by atoms with Crippen LogP contribution >= 0.6 is 0 Å². The molecular formula is C12H18O3. The molecule has 3 nitrogen and oxygen atoms in total. The summed E-state index contributed by atoms with van der Waals surface area (Å²) in [6.07, 6.45) is 0.755. The summed E-state index contributed by atoms with van der Waals surface area (Å²) in [5, 5.41) is 17.6. The van der Waals surface area contributed by atoms with E-state index in [2.05, 4.69) is 0 Å². The maximum absolute atomic E-state index is 9.07. The van der Waals surface area contributed by atoms with Crippen LogP contribution in [0.15, 0.2) is 30.3 Å². The fraction of sp³-hybridized carbons (Fsp3) is 0.500. The molecule has 0 bridgehead atoms. The van der Waals surface area contributed by atoms with Crippen LogP contribution in [0.1, 0.15) is 18.4 Å². The minimum absolute atomic E-state index is 0.168. The lowest BCUT2D eigenvalue weighted by Gasteiger charge is -2.07. The summed E-state index contributed by atoms with van der Waals surface area (Å²) in [5.74, 6) is 0. The van der Waals surface area contributed by atoms with Crippen LogP contribution in [-0.2, 0) is 11.3 Å². The maximum atomic E-state index is 9.07. The standard InChI is InChI=1S/C12H18O3/c13-9-12(14)7-4-8-15-10-11-5-2-1-3-6-11/h1-3,5-6,12-14H,4,7-10H2. The van der Waals surface area contributed by atoms with Gasteiger partial charge in [-0.3, -0.25) is 0 Å². The first kappa shape index (κ1) is 12.2. The molecule has 0 fully saturated rings. The first-order chi connectivity index (χ1) is 7.33. The van der Waals surface area contributed by atoms with E-state index in [1.165, 1.54) is 0 Å². The topological polar surface area (TPSA) is 49.7 Å². The van der Waals surface area contributed by atoms with E-state index in [-0.39, 0.29) is 6.61 Å². The second kappa shape index (κ2) is 7.40. The number of aliphatic hydroxyl groups excluding tert-OH is 2. The van der Waals surface area contributed by atoms with Crippen LogP contribution in [0.5, 0.6) is 0 Å². The van der Waals surface area contributed by atoms with Crippen LogP contribution in [0, 0.1) is 0 Å². The molecule has 0 aliphatic carbocycles. The Hall–Kier alpha value is -0.900. The molecule has 0 heterocycles. The van der Waals surface area contributed by atoms with Crippen molar-refractivity contribution in [2.45, 2.75) is 25.6 Å². The Kier molecular flexibility index (Phi) is 6.00. The van der Waals surface area contributed by atoms with Crippen molar-refractivity contribution in [1.82, 2.24) is 0 Å². The van der Waals surface area contributed by atoms with E-state index in [1.807, 2.05) is 30.3 Å². The molecule has 0 aliphatic heterocycles. The number of ether oxygens (including phenoxy) is 1. The van der Waals surface area contributed by atoms with Gasteiger partial charge in [0.1, 0.15) is 0 Å². The zero-order valence-corrected chi connectivity index (χ0v) is 8.80. The van der Waals surface area contributed by atoms with Gasteiger partial charge in [-0.2, -0.15) is 0 Å². The van der Waals surface area contributed by atoms with Gasteiger partial charge >= 0.3 is 0 Å². The quantitative estimate of drug-likeness (QED) is 0.668. The zero-order chi connectivity index (χ0) is 10.9. The van der Waals surface area contributed by atoms with E-state index in [1.54, 1.807) is 0 Å². The van der Waals surface area contributed by atoms with Crippen LogP contribution in [-0.4, -0.2) is 29.5 Å². The highest BCUT2D eigenvalue weighted by Gasteiger charge is 2.00. The molecule has 0 amide bonds. The molecule has 1 unspecified atom stereocenters. The number of rotatable bonds is 7. The highest BCUT2D eigenvalue weighted by atomic mass is 16.5. The highest BCUT2D eigenvalue weighted by molar-refractivity contribution is 5.13. The van der Waals surface area contributed by atoms with E-state index in [4.69, 9.17) is 14.9 Å². The Bertz CT molecular complexity index is 248. The third-order valence-corrected chi connectivity index (χ3v) is 2.15. The first-order valence-electron chi connectivity index (χ1n) is 5.23. The SMILES string of the molecule is OCC(O)CCCOCc1ccccc1. The maximum Gasteiger partial charge on any atom is 0.0771 e. The minimum atomic E-state index is -0.606. The van der Waals surface area contributed by atoms with Crippen LogP contribution in [0.25, 0.3) is 0 Å². The highest BCUT2D eigenvalue weighted by Crippen LogP contribution is 2.02. The minimum Gasteiger partial charge on any atom is -0.394 e. The van der Waals surface area contributed by atoms with Crippen molar-refractivity contribution in [3.8, 4) is 0 Å². The van der Waals surface area contributed by atoms with Gasteiger partial charge in [0.2, 0.25) is 0 Å². The molecule has 15 heavy (non-hydrogen) atoms. The van der Waals surface area contributed by atoms with Crippen LogP contribution in [0.2, 0.25) is 0 Å². The van der Waals surface area contributed by atoms with Gasteiger partial charge < -0.3 is 14.9 Å². The molecule has 0 spiro atoms. The third-order valence-electron chi connectivity index (χ3n) is 2.15. The monoisotopic (exact) mass is 210 g/mol. The van der Waals surface area contributed by atoms with Gasteiger partial charge in [-0.05, 0) is 18.4 Å². The largest absolute Gasteiger partial charge is 0.394 e. The molecule has 2 N–H and O–H groups in total. The second-order valence-electron chi connectivity index (χ2n) is 3.52. The Labute approximate surface area is 90.3 Å². The molecule has 1 aromatic carbocycles. The number of hydrogen-bond donors (Lipinski definition) is 2. The molecule has 0 radical (unpaired) electrons. The number of aliphatic hydroxyl groups is 2. The van der Waals surface area contributed by atoms with E-state index >= 15 is 0 Å². The van der Waals surface area contributed by atoms with Crippen molar-refractivity contribution in [3.05, 3.63) is 35.9 Å². The molecule has 0 saturated heterocycles. The molecule has 1 atom stereocenters. The van der Waals surface area contributed by atoms with E-state index in [9.17, 15) is 0 Å². The van der Waals surface area contributed by atoms with Gasteiger partial charge in [0.15, 0.2) is 0 Å². The summed E-state index contributed by atoms with van der Waals surface area (Å²) in [7, 11) is 0. The molecule has 1 aromatic rings. The fourth-order valence-corrected chi connectivity index (χ4v) is 1.28. The summed E-state index contributed by atoms with van der Waals surface area (Å²) in [4.78, 5) is 0. The average molecular weight is 210 g/mol. The van der Waals surface area contributed by atoms with E-state index < -0.39 is 6.10 Å². The number of benzene rings is 1. The summed E-state index contributed by atoms with van der Waals surface area (Å²) < 4.78 is 5.42. The Morgan fingerprint density at radius 2 is 1.93 bits per heavy atom. The van der Waals surface area contributed by atoms with Crippen molar-refractivity contribution in [2.24, 2.45) is 0 Å². The lowest BCUT2D eigenvalue weighted by molar-refractivity contribution is 0.0668. The third kappa shape index (κ3) is 5.52. The van der Waals surface area contributed by atoms with Crippen LogP contribution in [0.4, 0.5) is 0 Å². The predicted molar refractivity (Wildman–Crippen MR) is 58.4 cm³/mol. The lowest BCUT2D eigenvalue weighted by Crippen LogP contribution is -2.12. The molecule has 0 aliphatic rings. The summed E-state index contributed by atoms with van der Waals surface area (Å²) in [5.41, 5.74) is 1.15. The van der Waals surface area contributed by atoms with Crippen molar-refractivity contribution < 1.29 is 14.9 Å². The average Bonchev–Trinajstić information content (AvgIpc) is 2.29. The Morgan fingerprint density at radius 3 is 2.60 bits per heavy atom. The molecule has 1 rings (SSSR count). The van der Waals surface area contributed by atoms with Gasteiger partial charge in [-0.25, -0.2) is 0 Å². The van der Waals surface area contributed by atoms with Crippen molar-refractivity contribution in [3.63, 3.8) is 0 Å². The Balaban J connectivity index is 2.03. The van der Waals surface area contributed by atoms with Gasteiger partial charge in [0.25, 0.3) is 0 Å². The predicted octanol–water partition coefficient (Wildman–Crippen LogP) is 1.34. The molecular weight excluding hydrogens is 192 g/mol. The summed E-state index contributed by atoms with van der Waals surface area (Å²) >= 11 is 0. The van der Waals surface area contributed by atoms with Gasteiger partial charge in [-0.15, -0.1) is 0 Å². The molecule has 0 saturated carbocycles. The molecule has 84 valence electrons. The summed E-state index contributed by atoms with van der Waals surface area (Å²) in [6, 6.07) is 9.97.